The molecule has 21 heavy (non-hydrogen) atoms. The topological polar surface area (TPSA) is 69.4 Å². The van der Waals surface area contributed by atoms with E-state index in [1.54, 1.807) is 31.5 Å². The number of nitrogens with one attached hydrogen (secondary N) is 1. The van der Waals surface area contributed by atoms with Crippen molar-refractivity contribution in [1.29, 1.82) is 0 Å². The van der Waals surface area contributed by atoms with E-state index in [-0.39, 0.29) is 11.9 Å². The number of hydrogen-bond acceptors (Lipinski definition) is 5. The summed E-state index contributed by atoms with van der Waals surface area (Å²) < 4.78 is 24.1. The van der Waals surface area contributed by atoms with Crippen molar-refractivity contribution < 1.29 is 13.9 Å². The molecule has 1 atom stereocenters. The van der Waals surface area contributed by atoms with Gasteiger partial charge < -0.3 is 9.47 Å². The molecule has 1 aromatic heterocycles. The number of hydrogen-bond donors (Lipinski definition) is 2. The Morgan fingerprint density at radius 3 is 2.57 bits per heavy atom. The van der Waals surface area contributed by atoms with Crippen LogP contribution in [0.1, 0.15) is 17.2 Å². The monoisotopic (exact) mass is 291 g/mol. The summed E-state index contributed by atoms with van der Waals surface area (Å²) in [7, 11) is 3.05. The number of benzene rings is 1. The summed E-state index contributed by atoms with van der Waals surface area (Å²) in [6.07, 6.45) is 2.20. The largest absolute Gasteiger partial charge is 0.497 e. The predicted molar refractivity (Wildman–Crippen MR) is 77.5 cm³/mol. The van der Waals surface area contributed by atoms with Crippen LogP contribution in [0.25, 0.3) is 0 Å². The molecule has 1 aromatic carbocycles. The quantitative estimate of drug-likeness (QED) is 0.629. The van der Waals surface area contributed by atoms with Crippen molar-refractivity contribution in [3.8, 4) is 11.6 Å². The van der Waals surface area contributed by atoms with E-state index in [4.69, 9.17) is 15.3 Å². The number of aromatic nitrogens is 1. The van der Waals surface area contributed by atoms with Gasteiger partial charge in [-0.3, -0.25) is 11.3 Å². The normalized spacial score (nSPS) is 12.0. The highest BCUT2D eigenvalue weighted by Gasteiger charge is 2.16. The van der Waals surface area contributed by atoms with Crippen molar-refractivity contribution in [2.24, 2.45) is 5.84 Å². The number of ether oxygens (including phenoxy) is 2. The highest BCUT2D eigenvalue weighted by molar-refractivity contribution is 5.32. The Hall–Kier alpha value is -2.18. The Labute approximate surface area is 122 Å². The van der Waals surface area contributed by atoms with Crippen LogP contribution in [0, 0.1) is 5.82 Å². The van der Waals surface area contributed by atoms with Crippen LogP contribution in [0.3, 0.4) is 0 Å². The Kier molecular flexibility index (Phi) is 5.08. The molecule has 1 unspecified atom stereocenters. The molecule has 2 aromatic rings. The van der Waals surface area contributed by atoms with Crippen LogP contribution in [-0.2, 0) is 6.42 Å². The minimum atomic E-state index is -0.362. The first-order chi connectivity index (χ1) is 10.2. The number of pyridine rings is 1. The highest BCUT2D eigenvalue weighted by Crippen LogP contribution is 2.24. The zero-order valence-electron chi connectivity index (χ0n) is 12.0. The summed E-state index contributed by atoms with van der Waals surface area (Å²) in [5, 5.41) is 0. The lowest BCUT2D eigenvalue weighted by Gasteiger charge is -2.17. The van der Waals surface area contributed by atoms with E-state index in [2.05, 4.69) is 10.4 Å². The summed E-state index contributed by atoms with van der Waals surface area (Å²) in [5.74, 6) is 6.20. The standard InChI is InChI=1S/C15H18FN3O2/c1-20-11-4-5-12(13(16)8-11)14(19-17)7-10-3-6-15(21-2)18-9-10/h3-6,8-9,14,19H,7,17H2,1-2H3. The third kappa shape index (κ3) is 3.68. The fourth-order valence-corrected chi connectivity index (χ4v) is 2.06. The minimum Gasteiger partial charge on any atom is -0.497 e. The van der Waals surface area contributed by atoms with Gasteiger partial charge in [0.2, 0.25) is 5.88 Å². The number of nitrogens with two attached hydrogens (primary N) is 1. The molecule has 0 aliphatic carbocycles. The van der Waals surface area contributed by atoms with Crippen molar-refractivity contribution in [2.75, 3.05) is 14.2 Å². The summed E-state index contributed by atoms with van der Waals surface area (Å²) in [6.45, 7) is 0. The molecule has 0 saturated heterocycles. The third-order valence-corrected chi connectivity index (χ3v) is 3.23. The fraction of sp³-hybridized carbons (Fsp3) is 0.267. The number of hydrazine groups is 1. The first-order valence-corrected chi connectivity index (χ1v) is 6.46. The van der Waals surface area contributed by atoms with Gasteiger partial charge in [-0.1, -0.05) is 12.1 Å². The van der Waals surface area contributed by atoms with Crippen LogP contribution >= 0.6 is 0 Å². The summed E-state index contributed by atoms with van der Waals surface area (Å²) in [5.41, 5.74) is 4.04. The molecule has 3 N–H and O–H groups in total. The van der Waals surface area contributed by atoms with E-state index in [0.717, 1.165) is 5.56 Å². The molecule has 0 aliphatic rings. The van der Waals surface area contributed by atoms with Gasteiger partial charge in [-0.2, -0.15) is 0 Å². The van der Waals surface area contributed by atoms with Gasteiger partial charge in [0.25, 0.3) is 0 Å². The molecule has 0 bridgehead atoms. The fourth-order valence-electron chi connectivity index (χ4n) is 2.06. The van der Waals surface area contributed by atoms with Gasteiger partial charge in [0.1, 0.15) is 11.6 Å². The van der Waals surface area contributed by atoms with E-state index in [1.165, 1.54) is 13.2 Å². The Morgan fingerprint density at radius 2 is 2.05 bits per heavy atom. The van der Waals surface area contributed by atoms with E-state index < -0.39 is 0 Å². The molecule has 0 saturated carbocycles. The van der Waals surface area contributed by atoms with Gasteiger partial charge in [0, 0.05) is 23.9 Å². The highest BCUT2D eigenvalue weighted by atomic mass is 19.1. The van der Waals surface area contributed by atoms with Crippen LogP contribution in [0.5, 0.6) is 11.6 Å². The van der Waals surface area contributed by atoms with Crippen LogP contribution in [0.4, 0.5) is 4.39 Å². The van der Waals surface area contributed by atoms with Gasteiger partial charge in [0.05, 0.1) is 20.3 Å². The van der Waals surface area contributed by atoms with Crippen LogP contribution in [0.15, 0.2) is 36.5 Å². The third-order valence-electron chi connectivity index (χ3n) is 3.23. The Balaban J connectivity index is 2.18. The molecule has 0 fully saturated rings. The Morgan fingerprint density at radius 1 is 1.24 bits per heavy atom. The predicted octanol–water partition coefficient (Wildman–Crippen LogP) is 1.99. The maximum Gasteiger partial charge on any atom is 0.212 e. The Bertz CT molecular complexity index is 590. The van der Waals surface area contributed by atoms with E-state index >= 15 is 0 Å². The number of halogens is 1. The second-order valence-electron chi connectivity index (χ2n) is 4.52. The molecule has 0 amide bonds. The van der Waals surface area contributed by atoms with Crippen molar-refractivity contribution in [2.45, 2.75) is 12.5 Å². The van der Waals surface area contributed by atoms with Crippen LogP contribution in [-0.4, -0.2) is 19.2 Å². The maximum absolute atomic E-state index is 14.1. The molecule has 112 valence electrons. The molecule has 0 spiro atoms. The average Bonchev–Trinajstić information content (AvgIpc) is 2.53. The lowest BCUT2D eigenvalue weighted by molar-refractivity contribution is 0.397. The zero-order valence-corrected chi connectivity index (χ0v) is 12.0. The maximum atomic E-state index is 14.1. The van der Waals surface area contributed by atoms with E-state index in [0.29, 0.717) is 23.6 Å². The summed E-state index contributed by atoms with van der Waals surface area (Å²) in [4.78, 5) is 4.12. The van der Waals surface area contributed by atoms with Gasteiger partial charge >= 0.3 is 0 Å². The molecular weight excluding hydrogens is 273 g/mol. The lowest BCUT2D eigenvalue weighted by Crippen LogP contribution is -2.30. The summed E-state index contributed by atoms with van der Waals surface area (Å²) >= 11 is 0. The van der Waals surface area contributed by atoms with Gasteiger partial charge in [-0.05, 0) is 18.1 Å². The molecule has 6 heteroatoms. The van der Waals surface area contributed by atoms with E-state index in [1.807, 2.05) is 6.07 Å². The first-order valence-electron chi connectivity index (χ1n) is 6.46. The number of rotatable bonds is 6. The summed E-state index contributed by atoms with van der Waals surface area (Å²) in [6, 6.07) is 7.98. The molecular formula is C15H18FN3O2. The molecule has 0 aliphatic heterocycles. The van der Waals surface area contributed by atoms with Crippen LogP contribution < -0.4 is 20.7 Å². The molecule has 1 heterocycles. The van der Waals surface area contributed by atoms with E-state index in [9.17, 15) is 4.39 Å². The van der Waals surface area contributed by atoms with Crippen molar-refractivity contribution >= 4 is 0 Å². The first kappa shape index (κ1) is 15.2. The average molecular weight is 291 g/mol. The number of methoxy groups -OCH3 is 2. The van der Waals surface area contributed by atoms with Crippen molar-refractivity contribution in [3.63, 3.8) is 0 Å². The molecule has 2 rings (SSSR count). The lowest BCUT2D eigenvalue weighted by atomic mass is 10.00. The molecule has 0 radical (unpaired) electrons. The van der Waals surface area contributed by atoms with Gasteiger partial charge in [-0.25, -0.2) is 9.37 Å². The SMILES string of the molecule is COc1ccc(C(Cc2ccc(OC)nc2)NN)c(F)c1. The van der Waals surface area contributed by atoms with Crippen LogP contribution in [0.2, 0.25) is 0 Å². The zero-order chi connectivity index (χ0) is 15.2. The molecule has 5 nitrogen and oxygen atoms in total. The smallest absolute Gasteiger partial charge is 0.212 e. The van der Waals surface area contributed by atoms with Gasteiger partial charge in [0.15, 0.2) is 0 Å². The number of nitrogens with zero attached hydrogens (tertiary/aromatic N) is 1. The van der Waals surface area contributed by atoms with Gasteiger partial charge in [-0.15, -0.1) is 0 Å². The van der Waals surface area contributed by atoms with Crippen molar-refractivity contribution in [1.82, 2.24) is 10.4 Å². The van der Waals surface area contributed by atoms with Crippen molar-refractivity contribution in [3.05, 3.63) is 53.5 Å². The second kappa shape index (κ2) is 7.01. The second-order valence-corrected chi connectivity index (χ2v) is 4.52. The minimum absolute atomic E-state index is 0.355.